The number of carboxylic acids is 1. The number of aliphatic carboxylic acids is 1. The van der Waals surface area contributed by atoms with Crippen LogP contribution in [0.15, 0.2) is 11.6 Å². The number of rotatable bonds is 16. The van der Waals surface area contributed by atoms with Crippen LogP contribution in [0.1, 0.15) is 127 Å². The first-order valence-electron chi connectivity index (χ1n) is 34.0. The number of carboxylic acid groups (broad SMARTS) is 1. The van der Waals surface area contributed by atoms with Crippen molar-refractivity contribution in [3.8, 4) is 0 Å². The van der Waals surface area contributed by atoms with Crippen molar-refractivity contribution in [3.05, 3.63) is 11.6 Å². The van der Waals surface area contributed by atoms with E-state index < -0.39 is 255 Å². The van der Waals surface area contributed by atoms with Crippen molar-refractivity contribution in [1.82, 2.24) is 0 Å². The Labute approximate surface area is 560 Å². The number of carbonyl (C=O) groups is 3. The summed E-state index contributed by atoms with van der Waals surface area (Å²) < 4.78 is 78.9. The van der Waals surface area contributed by atoms with Crippen molar-refractivity contribution in [3.63, 3.8) is 0 Å². The Hall–Kier alpha value is -2.89. The molecule has 0 aromatic carbocycles. The highest BCUT2D eigenvalue weighted by Gasteiger charge is 2.71. The SMILES string of the molecule is CC(=O)O[C@@H]1[C@H](O[C@@H]2O[C@H](CO)[C@H](O)[C@H]2O)[C@@H](O[C@@H]2O[C@@H](C)[C@H](O[C@@H]3OC[C@@H](O)[C@H](O)[C@H]3O)[C@@H](O)[C@H]2O)[C@H](OC(=O)[C@]23CCC(C)(C)C[C@H]2C2=CC[C@H]4[C@@]5(C)CC[C@H](O[C@@H]6O[C@H](C(=O)O)[C@@H](O)[C@H](O)[C@H]6O[C@@H]6O[C@H](CO)[C@H](O)[C@H](O)[C@H]6O)[C@@](C)(O)[C@@H]5CC[C@@]4(C)[C@]2(C)CC3)O[C@@H]1C. The molecule has 32 heteroatoms. The first kappa shape index (κ1) is 75.3. The summed E-state index contributed by atoms with van der Waals surface area (Å²) in [5.74, 6) is -4.14. The summed E-state index contributed by atoms with van der Waals surface area (Å²) in [6, 6.07) is 0. The fraction of sp³-hybridized carbons (Fsp3) is 0.923. The standard InChI is InChI=1S/C65H102O32/c1-24-46(92-53-42(77)35(70)29(69)23-85-53)41(76)45(80)54(86-24)96-51-50(95-55-43(78)37(72)31(22-67)90-55)47(88-26(3)68)25(2)87-58(51)97-59(83)65-18-16-60(4,5)20-28(65)27-10-11-32-61(6)14-13-34(64(9,84)33(61)12-15-63(32,8)62(27,7)17-19-65)91-57-49(40(75)39(74)48(93-57)52(81)82)94-56-44(79)38(73)36(71)30(21-66)89-56/h10,24-25,28-51,53-58,66-67,69-80,84H,11-23H2,1-9H3,(H,81,82)/t24-,25+,28-,29+,30+,31+,32-,33+,34-,35-,36-,37-,38-,39-,40-,41-,42+,43+,44+,45+,46-,47-,48-,49+,50-,51+,53-,54-,55-,56-,57+,58-,61+,62+,63+,64-,65-/m0/s1. The molecule has 11 aliphatic rings. The molecule has 0 radical (unpaired) electrons. The van der Waals surface area contributed by atoms with Crippen LogP contribution in [0, 0.1) is 44.8 Å². The molecule has 5 aliphatic carbocycles. The van der Waals surface area contributed by atoms with Crippen molar-refractivity contribution in [1.29, 1.82) is 0 Å². The van der Waals surface area contributed by atoms with Gasteiger partial charge in [-0.3, -0.25) is 9.59 Å². The van der Waals surface area contributed by atoms with E-state index in [9.17, 15) is 91.3 Å². The second kappa shape index (κ2) is 28.0. The van der Waals surface area contributed by atoms with Gasteiger partial charge >= 0.3 is 17.9 Å². The number of ether oxygens (including phenoxy) is 13. The van der Waals surface area contributed by atoms with E-state index in [4.69, 9.17) is 61.6 Å². The third-order valence-electron chi connectivity index (χ3n) is 24.7. The Balaban J connectivity index is 0.870. The molecule has 6 aliphatic heterocycles. The number of aliphatic hydroxyl groups is 15. The summed E-state index contributed by atoms with van der Waals surface area (Å²) in [6.45, 7) is 14.7. The Morgan fingerprint density at radius 3 is 1.71 bits per heavy atom. The normalized spacial score (nSPS) is 53.7. The van der Waals surface area contributed by atoms with Crippen LogP contribution < -0.4 is 0 Å². The predicted molar refractivity (Wildman–Crippen MR) is 320 cm³/mol. The lowest BCUT2D eigenvalue weighted by Gasteiger charge is -2.71. The highest BCUT2D eigenvalue weighted by Crippen LogP contribution is 2.75. The first-order chi connectivity index (χ1) is 45.4. The van der Waals surface area contributed by atoms with Crippen LogP contribution in [0.4, 0.5) is 0 Å². The molecule has 0 aromatic rings. The fourth-order valence-electron chi connectivity index (χ4n) is 18.8. The minimum absolute atomic E-state index is 0.0830. The largest absolute Gasteiger partial charge is 0.479 e. The monoisotopic (exact) mass is 1390 g/mol. The van der Waals surface area contributed by atoms with Crippen LogP contribution in [-0.4, -0.2) is 303 Å². The molecule has 0 amide bonds. The van der Waals surface area contributed by atoms with E-state index in [-0.39, 0.29) is 17.8 Å². The molecule has 32 nitrogen and oxygen atoms in total. The molecule has 37 atom stereocenters. The number of fused-ring (bicyclic) bond motifs is 7. The first-order valence-corrected chi connectivity index (χ1v) is 34.0. The molecule has 0 aromatic heterocycles. The molecule has 6 saturated heterocycles. The molecule has 97 heavy (non-hydrogen) atoms. The van der Waals surface area contributed by atoms with Gasteiger partial charge in [0.05, 0.1) is 49.1 Å². The van der Waals surface area contributed by atoms with Crippen molar-refractivity contribution < 1.29 is 158 Å². The van der Waals surface area contributed by atoms with E-state index in [0.717, 1.165) is 12.5 Å². The van der Waals surface area contributed by atoms with Gasteiger partial charge in [0.1, 0.15) is 104 Å². The van der Waals surface area contributed by atoms with E-state index in [1.165, 1.54) is 13.8 Å². The summed E-state index contributed by atoms with van der Waals surface area (Å²) in [6.07, 6.45) is -42.5. The smallest absolute Gasteiger partial charge is 0.335 e. The van der Waals surface area contributed by atoms with Gasteiger partial charge in [0.25, 0.3) is 0 Å². The predicted octanol–water partition coefficient (Wildman–Crippen LogP) is -3.67. The van der Waals surface area contributed by atoms with Crippen LogP contribution in [0.5, 0.6) is 0 Å². The van der Waals surface area contributed by atoms with Crippen LogP contribution in [0.2, 0.25) is 0 Å². The number of aliphatic hydroxyl groups excluding tert-OH is 14. The van der Waals surface area contributed by atoms with Crippen molar-refractivity contribution in [2.75, 3.05) is 19.8 Å². The minimum atomic E-state index is -2.10. The highest BCUT2D eigenvalue weighted by molar-refractivity contribution is 5.79. The van der Waals surface area contributed by atoms with E-state index in [1.807, 2.05) is 0 Å². The van der Waals surface area contributed by atoms with Gasteiger partial charge < -0.3 is 143 Å². The molecular weight excluding hydrogens is 1290 g/mol. The zero-order chi connectivity index (χ0) is 70.9. The second-order valence-electron chi connectivity index (χ2n) is 30.9. The highest BCUT2D eigenvalue weighted by atomic mass is 16.8. The van der Waals surface area contributed by atoms with E-state index in [2.05, 4.69) is 40.7 Å². The number of carbonyl (C=O) groups excluding carboxylic acids is 2. The van der Waals surface area contributed by atoms with Gasteiger partial charge in [-0.2, -0.15) is 0 Å². The number of esters is 2. The van der Waals surface area contributed by atoms with E-state index in [0.29, 0.717) is 57.8 Å². The summed E-state index contributed by atoms with van der Waals surface area (Å²) in [7, 11) is 0. The minimum Gasteiger partial charge on any atom is -0.479 e. The fourth-order valence-corrected chi connectivity index (χ4v) is 18.8. The third kappa shape index (κ3) is 13.1. The van der Waals surface area contributed by atoms with Gasteiger partial charge in [-0.05, 0) is 124 Å². The number of hydrogen-bond acceptors (Lipinski definition) is 31. The Morgan fingerprint density at radius 2 is 1.07 bits per heavy atom. The quantitative estimate of drug-likeness (QED) is 0.0402. The van der Waals surface area contributed by atoms with Crippen molar-refractivity contribution >= 4 is 17.9 Å². The Bertz CT molecular complexity index is 2830. The topological polar surface area (TPSA) is 495 Å². The van der Waals surface area contributed by atoms with Crippen molar-refractivity contribution in [2.45, 2.75) is 310 Å². The summed E-state index contributed by atoms with van der Waals surface area (Å²) in [5.41, 5.74) is -3.74. The molecule has 0 bridgehead atoms. The van der Waals surface area contributed by atoms with Crippen LogP contribution in [0.25, 0.3) is 0 Å². The lowest BCUT2D eigenvalue weighted by Crippen LogP contribution is -2.69. The molecule has 10 fully saturated rings. The second-order valence-corrected chi connectivity index (χ2v) is 30.9. The molecule has 0 spiro atoms. The van der Waals surface area contributed by atoms with Crippen LogP contribution in [0.3, 0.4) is 0 Å². The Kier molecular flexibility index (Phi) is 21.7. The summed E-state index contributed by atoms with van der Waals surface area (Å²) in [4.78, 5) is 41.4. The molecule has 6 heterocycles. The van der Waals surface area contributed by atoms with Gasteiger partial charge in [0.2, 0.25) is 6.29 Å². The van der Waals surface area contributed by atoms with Gasteiger partial charge in [-0.15, -0.1) is 0 Å². The van der Waals surface area contributed by atoms with Crippen LogP contribution in [-0.2, 0) is 76.0 Å². The molecule has 11 rings (SSSR count). The lowest BCUT2D eigenvalue weighted by atomic mass is 9.34. The third-order valence-corrected chi connectivity index (χ3v) is 24.7. The summed E-state index contributed by atoms with van der Waals surface area (Å²) in [5, 5.41) is 174. The maximum atomic E-state index is 16.0. The van der Waals surface area contributed by atoms with Gasteiger partial charge in [-0.25, -0.2) is 4.79 Å². The average Bonchev–Trinajstić information content (AvgIpc) is 0.754. The lowest BCUT2D eigenvalue weighted by molar-refractivity contribution is -0.382. The maximum Gasteiger partial charge on any atom is 0.335 e. The molecule has 554 valence electrons. The van der Waals surface area contributed by atoms with E-state index in [1.54, 1.807) is 6.92 Å². The molecule has 0 unspecified atom stereocenters. The van der Waals surface area contributed by atoms with Crippen LogP contribution >= 0.6 is 0 Å². The molecule has 16 N–H and O–H groups in total. The number of allylic oxidation sites excluding steroid dienone is 2. The maximum absolute atomic E-state index is 16.0. The summed E-state index contributed by atoms with van der Waals surface area (Å²) >= 11 is 0. The zero-order valence-electron chi connectivity index (χ0n) is 55.9. The molecule has 4 saturated carbocycles. The zero-order valence-corrected chi connectivity index (χ0v) is 55.9. The Morgan fingerprint density at radius 1 is 0.526 bits per heavy atom. The van der Waals surface area contributed by atoms with Gasteiger partial charge in [0.15, 0.2) is 49.8 Å². The van der Waals surface area contributed by atoms with Gasteiger partial charge in [0, 0.05) is 6.92 Å². The average molecular weight is 1400 g/mol. The van der Waals surface area contributed by atoms with E-state index >= 15 is 4.79 Å². The molecular formula is C65H102O32. The number of hydrogen-bond donors (Lipinski definition) is 16. The van der Waals surface area contributed by atoms with Gasteiger partial charge in [-0.1, -0.05) is 46.3 Å². The van der Waals surface area contributed by atoms with Crippen molar-refractivity contribution in [2.24, 2.45) is 44.8 Å².